The van der Waals surface area contributed by atoms with E-state index in [0.717, 1.165) is 18.6 Å². The van der Waals surface area contributed by atoms with Crippen LogP contribution in [0.15, 0.2) is 24.3 Å². The third kappa shape index (κ3) is 5.80. The molecule has 0 heterocycles. The van der Waals surface area contributed by atoms with Crippen molar-refractivity contribution in [3.8, 4) is 0 Å². The summed E-state index contributed by atoms with van der Waals surface area (Å²) in [5.74, 6) is -0.404. The summed E-state index contributed by atoms with van der Waals surface area (Å²) < 4.78 is 38.5. The largest absolute Gasteiger partial charge is 0.418 e. The lowest BCUT2D eigenvalue weighted by atomic mass is 10.1. The summed E-state index contributed by atoms with van der Waals surface area (Å²) in [6.45, 7) is 5.15. The molecule has 8 heteroatoms. The average Bonchev–Trinajstić information content (AvgIpc) is 2.46. The molecule has 0 fully saturated rings. The van der Waals surface area contributed by atoms with Crippen LogP contribution in [-0.2, 0) is 11.0 Å². The summed E-state index contributed by atoms with van der Waals surface area (Å²) in [6, 6.07) is 2.82. The van der Waals surface area contributed by atoms with Crippen molar-refractivity contribution < 1.29 is 22.8 Å². The average molecular weight is 331 g/mol. The van der Waals surface area contributed by atoms with Crippen LogP contribution in [0, 0.1) is 0 Å². The number of nitrogens with one attached hydrogen (secondary N) is 3. The highest BCUT2D eigenvalue weighted by atomic mass is 19.4. The SMILES string of the molecule is CC[C@H](C)NC(=O)[C@@H](C)NC(=O)Nc1ccccc1C(F)(F)F. The Morgan fingerprint density at radius 3 is 2.30 bits per heavy atom. The van der Waals surface area contributed by atoms with Crippen molar-refractivity contribution in [1.82, 2.24) is 10.6 Å². The Hall–Kier alpha value is -2.25. The van der Waals surface area contributed by atoms with Crippen LogP contribution in [0.25, 0.3) is 0 Å². The Morgan fingerprint density at radius 1 is 1.13 bits per heavy atom. The molecule has 0 spiro atoms. The fraction of sp³-hybridized carbons (Fsp3) is 0.467. The van der Waals surface area contributed by atoms with Crippen LogP contribution in [0.4, 0.5) is 23.7 Å². The van der Waals surface area contributed by atoms with Gasteiger partial charge < -0.3 is 16.0 Å². The van der Waals surface area contributed by atoms with Crippen molar-refractivity contribution >= 4 is 17.6 Å². The van der Waals surface area contributed by atoms with E-state index in [0.29, 0.717) is 0 Å². The second-order valence-electron chi connectivity index (χ2n) is 5.18. The monoisotopic (exact) mass is 331 g/mol. The third-order valence-electron chi connectivity index (χ3n) is 3.22. The normalized spacial score (nSPS) is 13.8. The zero-order chi connectivity index (χ0) is 17.6. The first-order valence-corrected chi connectivity index (χ1v) is 7.19. The Labute approximate surface area is 132 Å². The van der Waals surface area contributed by atoms with Gasteiger partial charge in [-0.1, -0.05) is 19.1 Å². The minimum absolute atomic E-state index is 0.0548. The maximum atomic E-state index is 12.8. The molecule has 5 nitrogen and oxygen atoms in total. The molecule has 0 radical (unpaired) electrons. The van der Waals surface area contributed by atoms with Crippen molar-refractivity contribution in [3.63, 3.8) is 0 Å². The zero-order valence-corrected chi connectivity index (χ0v) is 13.1. The molecule has 1 aromatic rings. The number of alkyl halides is 3. The maximum absolute atomic E-state index is 12.8. The summed E-state index contributed by atoms with van der Waals surface area (Å²) in [5.41, 5.74) is -1.32. The van der Waals surface area contributed by atoms with Crippen LogP contribution in [-0.4, -0.2) is 24.0 Å². The molecule has 0 aromatic heterocycles. The number of rotatable bonds is 5. The van der Waals surface area contributed by atoms with Crippen LogP contribution in [0.1, 0.15) is 32.8 Å². The smallest absolute Gasteiger partial charge is 0.352 e. The first-order chi connectivity index (χ1) is 10.6. The molecule has 1 rings (SSSR count). The van der Waals surface area contributed by atoms with Gasteiger partial charge in [0.15, 0.2) is 0 Å². The molecule has 0 saturated carbocycles. The zero-order valence-electron chi connectivity index (χ0n) is 13.1. The van der Waals surface area contributed by atoms with Gasteiger partial charge in [0.25, 0.3) is 0 Å². The quantitative estimate of drug-likeness (QED) is 0.776. The standard InChI is InChI=1S/C15H20F3N3O2/c1-4-9(2)19-13(22)10(3)20-14(23)21-12-8-6-5-7-11(12)15(16,17)18/h5-10H,4H2,1-3H3,(H,19,22)(H2,20,21,23)/t9-,10+/m0/s1. The minimum Gasteiger partial charge on any atom is -0.352 e. The number of amides is 3. The Kier molecular flexibility index (Phi) is 6.41. The van der Waals surface area contributed by atoms with Gasteiger partial charge in [-0.05, 0) is 32.4 Å². The van der Waals surface area contributed by atoms with Gasteiger partial charge in [-0.25, -0.2) is 4.79 Å². The predicted octanol–water partition coefficient (Wildman–Crippen LogP) is 3.13. The predicted molar refractivity (Wildman–Crippen MR) is 81.0 cm³/mol. The van der Waals surface area contributed by atoms with E-state index in [-0.39, 0.29) is 11.7 Å². The van der Waals surface area contributed by atoms with E-state index >= 15 is 0 Å². The first kappa shape index (κ1) is 18.8. The highest BCUT2D eigenvalue weighted by Gasteiger charge is 2.33. The van der Waals surface area contributed by atoms with Gasteiger partial charge in [0.2, 0.25) is 5.91 Å². The van der Waals surface area contributed by atoms with E-state index in [4.69, 9.17) is 0 Å². The van der Waals surface area contributed by atoms with Gasteiger partial charge in [-0.3, -0.25) is 4.79 Å². The number of para-hydroxylation sites is 1. The lowest BCUT2D eigenvalue weighted by Crippen LogP contribution is -2.48. The molecule has 2 atom stereocenters. The summed E-state index contributed by atoms with van der Waals surface area (Å²) in [5, 5.41) is 7.10. The summed E-state index contributed by atoms with van der Waals surface area (Å²) in [4.78, 5) is 23.6. The fourth-order valence-electron chi connectivity index (χ4n) is 1.73. The molecule has 0 unspecified atom stereocenters. The lowest BCUT2D eigenvalue weighted by Gasteiger charge is -2.18. The molecule has 128 valence electrons. The van der Waals surface area contributed by atoms with Gasteiger partial charge in [-0.2, -0.15) is 13.2 Å². The number of carbonyl (C=O) groups excluding carboxylic acids is 2. The molecular weight excluding hydrogens is 311 g/mol. The van der Waals surface area contributed by atoms with E-state index in [2.05, 4.69) is 16.0 Å². The van der Waals surface area contributed by atoms with Crippen LogP contribution in [0.2, 0.25) is 0 Å². The number of carbonyl (C=O) groups is 2. The first-order valence-electron chi connectivity index (χ1n) is 7.19. The Balaban J connectivity index is 2.69. The number of anilines is 1. The van der Waals surface area contributed by atoms with Gasteiger partial charge in [0.05, 0.1) is 11.3 Å². The van der Waals surface area contributed by atoms with Gasteiger partial charge in [-0.15, -0.1) is 0 Å². The van der Waals surface area contributed by atoms with Gasteiger partial charge >= 0.3 is 12.2 Å². The van der Waals surface area contributed by atoms with E-state index in [1.165, 1.54) is 19.1 Å². The second kappa shape index (κ2) is 7.85. The maximum Gasteiger partial charge on any atom is 0.418 e. The number of hydrogen-bond acceptors (Lipinski definition) is 2. The van der Waals surface area contributed by atoms with Gasteiger partial charge in [0.1, 0.15) is 6.04 Å². The van der Waals surface area contributed by atoms with Crippen LogP contribution in [0.5, 0.6) is 0 Å². The third-order valence-corrected chi connectivity index (χ3v) is 3.22. The lowest BCUT2D eigenvalue weighted by molar-refractivity contribution is -0.137. The number of hydrogen-bond donors (Lipinski definition) is 3. The minimum atomic E-state index is -4.58. The number of halogens is 3. The second-order valence-corrected chi connectivity index (χ2v) is 5.18. The van der Waals surface area contributed by atoms with Crippen molar-refractivity contribution in [2.45, 2.75) is 45.5 Å². The molecule has 1 aromatic carbocycles. The topological polar surface area (TPSA) is 70.2 Å². The number of benzene rings is 1. The van der Waals surface area contributed by atoms with Crippen LogP contribution in [0.3, 0.4) is 0 Å². The van der Waals surface area contributed by atoms with Crippen molar-refractivity contribution in [2.24, 2.45) is 0 Å². The van der Waals surface area contributed by atoms with Crippen LogP contribution >= 0.6 is 0 Å². The highest BCUT2D eigenvalue weighted by Crippen LogP contribution is 2.34. The summed E-state index contributed by atoms with van der Waals surface area (Å²) in [6.07, 6.45) is -3.85. The molecule has 3 N–H and O–H groups in total. The fourth-order valence-corrected chi connectivity index (χ4v) is 1.73. The van der Waals surface area contributed by atoms with Gasteiger partial charge in [0, 0.05) is 6.04 Å². The Morgan fingerprint density at radius 2 is 1.74 bits per heavy atom. The Bertz CT molecular complexity index is 561. The molecule has 23 heavy (non-hydrogen) atoms. The molecule has 0 aliphatic heterocycles. The van der Waals surface area contributed by atoms with E-state index in [1.54, 1.807) is 0 Å². The molecule has 0 aliphatic carbocycles. The van der Waals surface area contributed by atoms with Crippen molar-refractivity contribution in [3.05, 3.63) is 29.8 Å². The molecular formula is C15H20F3N3O2. The molecule has 3 amide bonds. The van der Waals surface area contributed by atoms with Crippen LogP contribution < -0.4 is 16.0 Å². The van der Waals surface area contributed by atoms with Crippen molar-refractivity contribution in [2.75, 3.05) is 5.32 Å². The highest BCUT2D eigenvalue weighted by molar-refractivity contribution is 5.94. The van der Waals surface area contributed by atoms with E-state index in [1.807, 2.05) is 13.8 Å². The van der Waals surface area contributed by atoms with E-state index < -0.39 is 29.7 Å². The number of urea groups is 1. The molecule has 0 aliphatic rings. The molecule has 0 saturated heterocycles. The van der Waals surface area contributed by atoms with Crippen molar-refractivity contribution in [1.29, 1.82) is 0 Å². The van der Waals surface area contributed by atoms with E-state index in [9.17, 15) is 22.8 Å². The summed E-state index contributed by atoms with van der Waals surface area (Å²) >= 11 is 0. The summed E-state index contributed by atoms with van der Waals surface area (Å²) in [7, 11) is 0. The molecule has 0 bridgehead atoms.